The monoisotopic (exact) mass is 256 g/mol. The Morgan fingerprint density at radius 1 is 1.21 bits per heavy atom. The molecule has 0 saturated heterocycles. The van der Waals surface area contributed by atoms with Gasteiger partial charge in [-0.15, -0.1) is 0 Å². The highest BCUT2D eigenvalue weighted by Crippen LogP contribution is 2.24. The van der Waals surface area contributed by atoms with Crippen LogP contribution in [0.5, 0.6) is 5.88 Å². The van der Waals surface area contributed by atoms with E-state index in [9.17, 15) is 4.79 Å². The molecule has 0 N–H and O–H groups in total. The minimum Gasteiger partial charge on any atom is -0.477 e. The highest BCUT2D eigenvalue weighted by Gasteiger charge is 2.17. The van der Waals surface area contributed by atoms with Gasteiger partial charge in [0.1, 0.15) is 5.56 Å². The summed E-state index contributed by atoms with van der Waals surface area (Å²) in [5.41, 5.74) is 2.01. The smallest absolute Gasteiger partial charge is 0.228 e. The molecule has 4 nitrogen and oxygen atoms in total. The number of hydrogen-bond acceptors (Lipinski definition) is 4. The van der Waals surface area contributed by atoms with Gasteiger partial charge >= 0.3 is 0 Å². The third kappa shape index (κ3) is 2.78. The normalized spacial score (nSPS) is 10.3. The lowest BCUT2D eigenvalue weighted by Gasteiger charge is -2.11. The number of nitrogens with zero attached hydrogens (tertiary/aromatic N) is 2. The number of aryl methyl sites for hydroxylation is 1. The summed E-state index contributed by atoms with van der Waals surface area (Å²) in [4.78, 5) is 20.4. The van der Waals surface area contributed by atoms with Gasteiger partial charge < -0.3 is 4.74 Å². The average molecular weight is 256 g/mol. The van der Waals surface area contributed by atoms with Crippen LogP contribution in [-0.4, -0.2) is 22.4 Å². The lowest BCUT2D eigenvalue weighted by atomic mass is 10.1. The summed E-state index contributed by atoms with van der Waals surface area (Å²) < 4.78 is 5.47. The number of rotatable bonds is 4. The van der Waals surface area contributed by atoms with E-state index in [0.29, 0.717) is 29.6 Å². The number of carbonyl (C=O) groups is 1. The molecular weight excluding hydrogens is 240 g/mol. The van der Waals surface area contributed by atoms with Crippen LogP contribution in [0.3, 0.4) is 0 Å². The van der Waals surface area contributed by atoms with Crippen LogP contribution in [0, 0.1) is 6.92 Å². The number of Topliss-reactive ketones (excluding diaryl/α,β-unsaturated/α-hetero) is 1. The molecule has 19 heavy (non-hydrogen) atoms. The molecular formula is C15H16N2O2. The first-order valence-corrected chi connectivity index (χ1v) is 6.21. The van der Waals surface area contributed by atoms with E-state index in [2.05, 4.69) is 9.97 Å². The molecule has 0 spiro atoms. The molecule has 0 bridgehead atoms. The van der Waals surface area contributed by atoms with E-state index in [1.807, 2.05) is 37.3 Å². The first kappa shape index (κ1) is 13.2. The molecule has 2 aromatic rings. The van der Waals surface area contributed by atoms with E-state index < -0.39 is 0 Å². The first-order chi connectivity index (χ1) is 9.13. The molecule has 0 saturated carbocycles. The topological polar surface area (TPSA) is 52.1 Å². The van der Waals surface area contributed by atoms with E-state index in [-0.39, 0.29) is 5.78 Å². The number of ketones is 1. The van der Waals surface area contributed by atoms with Crippen LogP contribution in [0.4, 0.5) is 0 Å². The summed E-state index contributed by atoms with van der Waals surface area (Å²) in [6.45, 7) is 5.62. The van der Waals surface area contributed by atoms with Crippen molar-refractivity contribution in [2.45, 2.75) is 20.8 Å². The second-order valence-corrected chi connectivity index (χ2v) is 4.17. The zero-order valence-corrected chi connectivity index (χ0v) is 11.3. The SMILES string of the molecule is CCOc1nc(-c2ccccc2)nc(C)c1C(C)=O. The summed E-state index contributed by atoms with van der Waals surface area (Å²) in [7, 11) is 0. The highest BCUT2D eigenvalue weighted by molar-refractivity contribution is 5.97. The number of aromatic nitrogens is 2. The predicted molar refractivity (Wildman–Crippen MR) is 73.4 cm³/mol. The van der Waals surface area contributed by atoms with E-state index in [0.717, 1.165) is 5.56 Å². The fourth-order valence-electron chi connectivity index (χ4n) is 1.91. The van der Waals surface area contributed by atoms with Crippen molar-refractivity contribution in [1.82, 2.24) is 9.97 Å². The van der Waals surface area contributed by atoms with Crippen molar-refractivity contribution in [3.8, 4) is 17.3 Å². The Bertz CT molecular complexity index is 595. The summed E-state index contributed by atoms with van der Waals surface area (Å²) in [5.74, 6) is 0.855. The molecule has 0 aliphatic carbocycles. The molecule has 98 valence electrons. The standard InChI is InChI=1S/C15H16N2O2/c1-4-19-15-13(11(3)18)10(2)16-14(17-15)12-8-6-5-7-9-12/h5-9H,4H2,1-3H3. The first-order valence-electron chi connectivity index (χ1n) is 6.21. The molecule has 0 aliphatic heterocycles. The average Bonchev–Trinajstić information content (AvgIpc) is 2.39. The molecule has 0 atom stereocenters. The van der Waals surface area contributed by atoms with Crippen molar-refractivity contribution >= 4 is 5.78 Å². The largest absolute Gasteiger partial charge is 0.477 e. The van der Waals surface area contributed by atoms with E-state index in [1.165, 1.54) is 6.92 Å². The Morgan fingerprint density at radius 3 is 2.47 bits per heavy atom. The highest BCUT2D eigenvalue weighted by atomic mass is 16.5. The van der Waals surface area contributed by atoms with Crippen molar-refractivity contribution in [1.29, 1.82) is 0 Å². The summed E-state index contributed by atoms with van der Waals surface area (Å²) in [5, 5.41) is 0. The van der Waals surface area contributed by atoms with Gasteiger partial charge in [0, 0.05) is 5.56 Å². The van der Waals surface area contributed by atoms with Gasteiger partial charge in [0.15, 0.2) is 11.6 Å². The van der Waals surface area contributed by atoms with Gasteiger partial charge in [-0.05, 0) is 20.8 Å². The van der Waals surface area contributed by atoms with E-state index in [4.69, 9.17) is 4.74 Å². The molecule has 0 aliphatic rings. The third-order valence-electron chi connectivity index (χ3n) is 2.72. The van der Waals surface area contributed by atoms with Crippen LogP contribution in [0.25, 0.3) is 11.4 Å². The summed E-state index contributed by atoms with van der Waals surface area (Å²) in [6.07, 6.45) is 0. The van der Waals surface area contributed by atoms with Crippen molar-refractivity contribution in [2.24, 2.45) is 0 Å². The maximum absolute atomic E-state index is 11.6. The van der Waals surface area contributed by atoms with Crippen LogP contribution in [-0.2, 0) is 0 Å². The Balaban J connectivity index is 2.57. The van der Waals surface area contributed by atoms with E-state index in [1.54, 1.807) is 6.92 Å². The summed E-state index contributed by atoms with van der Waals surface area (Å²) >= 11 is 0. The molecule has 2 rings (SSSR count). The molecule has 4 heteroatoms. The minimum absolute atomic E-state index is 0.0828. The van der Waals surface area contributed by atoms with Gasteiger partial charge in [0.05, 0.1) is 12.3 Å². The third-order valence-corrected chi connectivity index (χ3v) is 2.72. The Hall–Kier alpha value is -2.23. The van der Waals surface area contributed by atoms with Crippen LogP contribution < -0.4 is 4.74 Å². The maximum Gasteiger partial charge on any atom is 0.228 e. The molecule has 0 unspecified atom stereocenters. The van der Waals surface area contributed by atoms with Crippen LogP contribution >= 0.6 is 0 Å². The van der Waals surface area contributed by atoms with Crippen molar-refractivity contribution in [3.05, 3.63) is 41.6 Å². The van der Waals surface area contributed by atoms with Crippen LogP contribution in [0.2, 0.25) is 0 Å². The van der Waals surface area contributed by atoms with Gasteiger partial charge in [-0.2, -0.15) is 4.98 Å². The lowest BCUT2D eigenvalue weighted by molar-refractivity contribution is 0.101. The van der Waals surface area contributed by atoms with Crippen molar-refractivity contribution in [3.63, 3.8) is 0 Å². The van der Waals surface area contributed by atoms with Crippen molar-refractivity contribution < 1.29 is 9.53 Å². The number of benzene rings is 1. The predicted octanol–water partition coefficient (Wildman–Crippen LogP) is 3.05. The fraction of sp³-hybridized carbons (Fsp3) is 0.267. The fourth-order valence-corrected chi connectivity index (χ4v) is 1.91. The zero-order chi connectivity index (χ0) is 13.8. The second kappa shape index (κ2) is 5.61. The number of ether oxygens (including phenoxy) is 1. The Kier molecular flexibility index (Phi) is 3.90. The molecule has 0 amide bonds. The quantitative estimate of drug-likeness (QED) is 0.789. The van der Waals surface area contributed by atoms with Gasteiger partial charge in [-0.3, -0.25) is 4.79 Å². The Labute approximate surface area is 112 Å². The van der Waals surface area contributed by atoms with Crippen LogP contribution in [0.1, 0.15) is 29.9 Å². The summed E-state index contributed by atoms with van der Waals surface area (Å²) in [6, 6.07) is 9.64. The number of hydrogen-bond donors (Lipinski definition) is 0. The van der Waals surface area contributed by atoms with Gasteiger partial charge in [0.2, 0.25) is 5.88 Å². The minimum atomic E-state index is -0.0828. The second-order valence-electron chi connectivity index (χ2n) is 4.17. The zero-order valence-electron chi connectivity index (χ0n) is 11.3. The van der Waals surface area contributed by atoms with Gasteiger partial charge in [-0.1, -0.05) is 30.3 Å². The Morgan fingerprint density at radius 2 is 1.89 bits per heavy atom. The lowest BCUT2D eigenvalue weighted by Crippen LogP contribution is -2.08. The molecule has 1 aromatic carbocycles. The number of carbonyl (C=O) groups excluding carboxylic acids is 1. The van der Waals surface area contributed by atoms with E-state index >= 15 is 0 Å². The molecule has 1 aromatic heterocycles. The maximum atomic E-state index is 11.6. The van der Waals surface area contributed by atoms with Crippen LogP contribution in [0.15, 0.2) is 30.3 Å². The van der Waals surface area contributed by atoms with Gasteiger partial charge in [0.25, 0.3) is 0 Å². The molecule has 0 radical (unpaired) electrons. The molecule has 0 fully saturated rings. The molecule has 1 heterocycles. The van der Waals surface area contributed by atoms with Crippen molar-refractivity contribution in [2.75, 3.05) is 6.61 Å². The van der Waals surface area contributed by atoms with Gasteiger partial charge in [-0.25, -0.2) is 4.98 Å².